The average molecular weight is 244 g/mol. The zero-order chi connectivity index (χ0) is 13.3. The van der Waals surface area contributed by atoms with Crippen molar-refractivity contribution in [2.45, 2.75) is 13.8 Å². The van der Waals surface area contributed by atoms with Gasteiger partial charge in [0.05, 0.1) is 5.56 Å². The Labute approximate surface area is 105 Å². The van der Waals surface area contributed by atoms with Crippen molar-refractivity contribution in [2.75, 3.05) is 0 Å². The molecule has 3 heteroatoms. The highest BCUT2D eigenvalue weighted by molar-refractivity contribution is 5.97. The van der Waals surface area contributed by atoms with E-state index in [0.717, 1.165) is 0 Å². The molecule has 0 atom stereocenters. The Hall–Kier alpha value is -2.16. The second-order valence-electron chi connectivity index (χ2n) is 4.27. The number of hydrogen-bond acceptors (Lipinski definition) is 1. The van der Waals surface area contributed by atoms with Crippen molar-refractivity contribution in [3.63, 3.8) is 0 Å². The van der Waals surface area contributed by atoms with Crippen LogP contribution in [0.3, 0.4) is 0 Å². The first kappa shape index (κ1) is 12.3. The number of rotatable bonds is 2. The van der Waals surface area contributed by atoms with Crippen LogP contribution in [0, 0.1) is 19.7 Å². The lowest BCUT2D eigenvalue weighted by Gasteiger charge is -2.09. The molecular weight excluding hydrogens is 231 g/mol. The van der Waals surface area contributed by atoms with Gasteiger partial charge in [-0.2, -0.15) is 0 Å². The molecule has 18 heavy (non-hydrogen) atoms. The van der Waals surface area contributed by atoms with E-state index in [1.54, 1.807) is 44.2 Å². The Bertz CT molecular complexity index is 618. The third-order valence-corrected chi connectivity index (χ3v) is 2.97. The molecule has 0 aromatic heterocycles. The van der Waals surface area contributed by atoms with E-state index in [-0.39, 0.29) is 11.4 Å². The maximum Gasteiger partial charge on any atom is 0.336 e. The summed E-state index contributed by atoms with van der Waals surface area (Å²) in [4.78, 5) is 11.3. The van der Waals surface area contributed by atoms with Crippen molar-refractivity contribution in [1.29, 1.82) is 0 Å². The summed E-state index contributed by atoms with van der Waals surface area (Å²) in [6.45, 7) is 3.41. The molecular formula is C15H13FO2. The number of carboxylic acid groups (broad SMARTS) is 1. The number of carbonyl (C=O) groups is 1. The predicted molar refractivity (Wildman–Crippen MR) is 68.3 cm³/mol. The molecule has 0 amide bonds. The third-order valence-electron chi connectivity index (χ3n) is 2.97. The Kier molecular flexibility index (Phi) is 3.15. The van der Waals surface area contributed by atoms with E-state index >= 15 is 0 Å². The minimum atomic E-state index is -0.996. The van der Waals surface area contributed by atoms with E-state index < -0.39 is 5.97 Å². The van der Waals surface area contributed by atoms with Crippen LogP contribution < -0.4 is 0 Å². The average Bonchev–Trinajstić information content (AvgIpc) is 2.32. The minimum Gasteiger partial charge on any atom is -0.478 e. The van der Waals surface area contributed by atoms with Gasteiger partial charge in [0.1, 0.15) is 5.82 Å². The second kappa shape index (κ2) is 4.61. The highest BCUT2D eigenvalue weighted by atomic mass is 19.1. The number of benzene rings is 2. The van der Waals surface area contributed by atoms with E-state index in [9.17, 15) is 14.3 Å². The topological polar surface area (TPSA) is 37.3 Å². The third kappa shape index (κ3) is 2.12. The molecule has 0 bridgehead atoms. The largest absolute Gasteiger partial charge is 0.478 e. The summed E-state index contributed by atoms with van der Waals surface area (Å²) in [7, 11) is 0. The molecule has 0 saturated carbocycles. The van der Waals surface area contributed by atoms with Gasteiger partial charge in [0.25, 0.3) is 0 Å². The molecule has 2 nitrogen and oxygen atoms in total. The molecule has 0 unspecified atom stereocenters. The molecule has 2 rings (SSSR count). The highest BCUT2D eigenvalue weighted by Crippen LogP contribution is 2.27. The second-order valence-corrected chi connectivity index (χ2v) is 4.27. The SMILES string of the molecule is Cc1ccc(-c2cccc(C)c2C(=O)O)cc1F. The van der Waals surface area contributed by atoms with Crippen LogP contribution >= 0.6 is 0 Å². The van der Waals surface area contributed by atoms with Crippen LogP contribution in [-0.4, -0.2) is 11.1 Å². The van der Waals surface area contributed by atoms with Crippen LogP contribution in [0.2, 0.25) is 0 Å². The molecule has 0 fully saturated rings. The van der Waals surface area contributed by atoms with Crippen LogP contribution in [0.15, 0.2) is 36.4 Å². The van der Waals surface area contributed by atoms with E-state index in [1.165, 1.54) is 6.07 Å². The molecule has 2 aromatic carbocycles. The van der Waals surface area contributed by atoms with E-state index in [1.807, 2.05) is 0 Å². The fraction of sp³-hybridized carbons (Fsp3) is 0.133. The first-order chi connectivity index (χ1) is 8.50. The standard InChI is InChI=1S/C15H13FO2/c1-9-6-7-11(8-13(9)16)12-5-3-4-10(2)14(12)15(17)18/h3-8H,1-2H3,(H,17,18). The van der Waals surface area contributed by atoms with Gasteiger partial charge in [-0.25, -0.2) is 9.18 Å². The first-order valence-electron chi connectivity index (χ1n) is 5.60. The van der Waals surface area contributed by atoms with Crippen molar-refractivity contribution in [1.82, 2.24) is 0 Å². The smallest absolute Gasteiger partial charge is 0.336 e. The van der Waals surface area contributed by atoms with E-state index in [4.69, 9.17) is 0 Å². The van der Waals surface area contributed by atoms with Crippen molar-refractivity contribution in [3.05, 3.63) is 58.9 Å². The number of halogens is 1. The van der Waals surface area contributed by atoms with Gasteiger partial charge in [0, 0.05) is 0 Å². The molecule has 0 aliphatic heterocycles. The van der Waals surface area contributed by atoms with Crippen molar-refractivity contribution in [2.24, 2.45) is 0 Å². The molecule has 0 aliphatic rings. The molecule has 1 N–H and O–H groups in total. The quantitative estimate of drug-likeness (QED) is 0.872. The maximum absolute atomic E-state index is 13.6. The number of hydrogen-bond donors (Lipinski definition) is 1. The Morgan fingerprint density at radius 3 is 2.44 bits per heavy atom. The van der Waals surface area contributed by atoms with E-state index in [2.05, 4.69) is 0 Å². The van der Waals surface area contributed by atoms with Crippen molar-refractivity contribution >= 4 is 5.97 Å². The summed E-state index contributed by atoms with van der Waals surface area (Å²) in [6, 6.07) is 9.96. The Morgan fingerprint density at radius 2 is 1.83 bits per heavy atom. The minimum absolute atomic E-state index is 0.223. The lowest BCUT2D eigenvalue weighted by atomic mass is 9.95. The molecule has 0 spiro atoms. The van der Waals surface area contributed by atoms with Crippen LogP contribution in [-0.2, 0) is 0 Å². The summed E-state index contributed by atoms with van der Waals surface area (Å²) in [6.07, 6.45) is 0. The van der Waals surface area contributed by atoms with Crippen LogP contribution in [0.5, 0.6) is 0 Å². The van der Waals surface area contributed by atoms with Crippen molar-refractivity contribution in [3.8, 4) is 11.1 Å². The lowest BCUT2D eigenvalue weighted by Crippen LogP contribution is -2.02. The van der Waals surface area contributed by atoms with Gasteiger partial charge in [-0.05, 0) is 42.2 Å². The Morgan fingerprint density at radius 1 is 1.11 bits per heavy atom. The van der Waals surface area contributed by atoms with Crippen molar-refractivity contribution < 1.29 is 14.3 Å². The zero-order valence-electron chi connectivity index (χ0n) is 10.2. The fourth-order valence-electron chi connectivity index (χ4n) is 1.95. The van der Waals surface area contributed by atoms with Gasteiger partial charge >= 0.3 is 5.97 Å². The predicted octanol–water partition coefficient (Wildman–Crippen LogP) is 3.81. The Balaban J connectivity index is 2.67. The zero-order valence-corrected chi connectivity index (χ0v) is 10.2. The van der Waals surface area contributed by atoms with Gasteiger partial charge in [0.2, 0.25) is 0 Å². The molecule has 0 aliphatic carbocycles. The number of carboxylic acids is 1. The lowest BCUT2D eigenvalue weighted by molar-refractivity contribution is 0.0697. The van der Waals surface area contributed by atoms with Gasteiger partial charge < -0.3 is 5.11 Å². The highest BCUT2D eigenvalue weighted by Gasteiger charge is 2.14. The molecule has 0 heterocycles. The summed E-state index contributed by atoms with van der Waals surface area (Å²) in [5, 5.41) is 9.24. The monoisotopic (exact) mass is 244 g/mol. The summed E-state index contributed by atoms with van der Waals surface area (Å²) < 4.78 is 13.6. The van der Waals surface area contributed by atoms with Crippen LogP contribution in [0.25, 0.3) is 11.1 Å². The van der Waals surface area contributed by atoms with Crippen LogP contribution in [0.4, 0.5) is 4.39 Å². The van der Waals surface area contributed by atoms with Gasteiger partial charge in [-0.3, -0.25) is 0 Å². The van der Waals surface area contributed by atoms with Crippen LogP contribution in [0.1, 0.15) is 21.5 Å². The number of aryl methyl sites for hydroxylation is 2. The fourth-order valence-corrected chi connectivity index (χ4v) is 1.95. The van der Waals surface area contributed by atoms with E-state index in [0.29, 0.717) is 22.3 Å². The summed E-state index contributed by atoms with van der Waals surface area (Å²) >= 11 is 0. The molecule has 2 aromatic rings. The molecule has 92 valence electrons. The van der Waals surface area contributed by atoms with Gasteiger partial charge in [0.15, 0.2) is 0 Å². The first-order valence-corrected chi connectivity index (χ1v) is 5.60. The molecule has 0 saturated heterocycles. The summed E-state index contributed by atoms with van der Waals surface area (Å²) in [5.41, 5.74) is 2.56. The van der Waals surface area contributed by atoms with Gasteiger partial charge in [-0.15, -0.1) is 0 Å². The van der Waals surface area contributed by atoms with Gasteiger partial charge in [-0.1, -0.05) is 30.3 Å². The normalized spacial score (nSPS) is 10.4. The molecule has 0 radical (unpaired) electrons. The number of aromatic carboxylic acids is 1. The summed E-state index contributed by atoms with van der Waals surface area (Å²) in [5.74, 6) is -1.32. The maximum atomic E-state index is 13.6.